The minimum Gasteiger partial charge on any atom is -0.508 e. The van der Waals surface area contributed by atoms with Crippen LogP contribution >= 0.6 is 23.5 Å². The molecular weight excluding hydrogens is 1470 g/mol. The second-order valence-corrected chi connectivity index (χ2v) is 29.9. The van der Waals surface area contributed by atoms with E-state index in [1.807, 2.05) is 66.7 Å². The number of nitrogens with zero attached hydrogens (tertiary/aromatic N) is 2. The van der Waals surface area contributed by atoms with Gasteiger partial charge >= 0.3 is 5.97 Å². The number of nitrogens with one attached hydrogen (secondary N) is 11. The first-order valence-corrected chi connectivity index (χ1v) is 38.7. The highest BCUT2D eigenvalue weighted by Gasteiger charge is 2.44. The smallest absolute Gasteiger partial charge is 0.305 e. The highest BCUT2D eigenvalue weighted by molar-refractivity contribution is 7.98. The fourth-order valence-electron chi connectivity index (χ4n) is 13.8. The standard InChI is InChI=1S/C79H87F2N15O13S2/c80-53-15-19-59-57(31-53)51(35-85-59)29-62-74(104)91-63(30-52-36-86-60-20-16-54(81)32-58(52)60)75(105)93-65(34-71(100)101)77(107)92-64(33-55-37-84-43-88-55)76(106)94-66(27-44-12-17-56(97)18-13-44)79(109)96-39-48(24-45-11-14-49-8-1-2-9-50(49)26-45)28-68(96)78(108)95-67(72(83)102)42-111-41-47-7-5-6-46(25-47)40-110-23-21-69(98)89-61(10-3-4-22-82)73(103)87-38-70(99)90-62/h1-2,5-9,11-20,25-26,31-32,35-37,43,48,61-68,85-86,97H,3-4,10,21-24,27-30,33-34,38-42,82H2,(H2,83,102)(H,84,88)(H,87,103)(H,89,98)(H,90,99)(H,91,104)(H,92,107)(H,93,105)(H,94,106)(H,95,108)(H,100,101)/t48-,61+,62+,63+,64+,65+,66+,67+,68+/m1/s1. The maximum Gasteiger partial charge on any atom is 0.305 e. The first-order chi connectivity index (χ1) is 53.5. The van der Waals surface area contributed by atoms with E-state index in [9.17, 15) is 38.6 Å². The van der Waals surface area contributed by atoms with E-state index in [4.69, 9.17) is 11.5 Å². The number of amides is 10. The predicted octanol–water partition coefficient (Wildman–Crippen LogP) is 4.41. The van der Waals surface area contributed by atoms with E-state index in [0.29, 0.717) is 70.6 Å². The number of hydrogen-bond donors (Lipinski definition) is 15. The molecule has 28 nitrogen and oxygen atoms in total. The number of aromatic nitrogens is 4. The van der Waals surface area contributed by atoms with Crippen molar-refractivity contribution in [2.45, 2.75) is 130 Å². The summed E-state index contributed by atoms with van der Waals surface area (Å²) in [6.07, 6.45) is 4.43. The minimum absolute atomic E-state index is 0.00171. The van der Waals surface area contributed by atoms with Gasteiger partial charge in [0.2, 0.25) is 59.1 Å². The predicted molar refractivity (Wildman–Crippen MR) is 414 cm³/mol. The van der Waals surface area contributed by atoms with Crippen molar-refractivity contribution in [2.75, 3.05) is 31.1 Å². The number of aromatic hydroxyl groups is 1. The molecule has 11 rings (SSSR count). The van der Waals surface area contributed by atoms with Gasteiger partial charge in [0.25, 0.3) is 0 Å². The van der Waals surface area contributed by atoms with Crippen molar-refractivity contribution in [2.24, 2.45) is 17.4 Å². The third-order valence-electron chi connectivity index (χ3n) is 19.5. The molecule has 2 aliphatic rings. The number of carbonyl (C=O) groups excluding carboxylic acids is 10. The number of unbranched alkanes of at least 4 members (excludes halogenated alkanes) is 1. The number of aliphatic carboxylic acids is 1. The second-order valence-electron chi connectivity index (χ2n) is 27.7. The van der Waals surface area contributed by atoms with Crippen molar-refractivity contribution in [3.63, 3.8) is 0 Å². The van der Waals surface area contributed by atoms with Crippen molar-refractivity contribution < 1.29 is 71.7 Å². The minimum atomic E-state index is -2.07. The highest BCUT2D eigenvalue weighted by Crippen LogP contribution is 2.31. The lowest BCUT2D eigenvalue weighted by Gasteiger charge is -2.31. The Morgan fingerprint density at radius 3 is 1.81 bits per heavy atom. The summed E-state index contributed by atoms with van der Waals surface area (Å²) in [6.45, 7) is -0.483. The van der Waals surface area contributed by atoms with E-state index in [0.717, 1.165) is 27.5 Å². The summed E-state index contributed by atoms with van der Waals surface area (Å²) in [5.74, 6) is -11.2. The Balaban J connectivity index is 0.938. The molecule has 1 saturated heterocycles. The van der Waals surface area contributed by atoms with Gasteiger partial charge in [-0.15, -0.1) is 0 Å². The molecule has 3 aromatic heterocycles. The fraction of sp³-hybridized carbons (Fsp3) is 0.342. The summed E-state index contributed by atoms with van der Waals surface area (Å²) >= 11 is 2.79. The number of imidazole rings is 1. The van der Waals surface area contributed by atoms with Crippen molar-refractivity contribution in [3.8, 4) is 5.75 Å². The first kappa shape index (κ1) is 80.4. The number of nitrogens with two attached hydrogens (primary N) is 2. The number of rotatable bonds is 17. The molecule has 0 aliphatic carbocycles. The van der Waals surface area contributed by atoms with E-state index in [-0.39, 0.29) is 72.7 Å². The van der Waals surface area contributed by atoms with Gasteiger partial charge in [-0.3, -0.25) is 52.7 Å². The normalized spacial score (nSPS) is 21.7. The maximum atomic E-state index is 15.8. The van der Waals surface area contributed by atoms with Crippen LogP contribution in [-0.4, -0.2) is 180 Å². The van der Waals surface area contributed by atoms with E-state index < -0.39 is 151 Å². The van der Waals surface area contributed by atoms with Crippen molar-refractivity contribution in [3.05, 3.63) is 203 Å². The summed E-state index contributed by atoms with van der Waals surface area (Å²) < 4.78 is 30.0. The number of fused-ring (bicyclic) bond motifs is 6. The second kappa shape index (κ2) is 38.1. The molecule has 0 spiro atoms. The summed E-state index contributed by atoms with van der Waals surface area (Å²) in [5.41, 5.74) is 16.6. The molecule has 582 valence electrons. The molecule has 32 heteroatoms. The van der Waals surface area contributed by atoms with Gasteiger partial charge in [-0.05, 0) is 137 Å². The number of H-pyrrole nitrogens is 3. The number of primary amides is 1. The largest absolute Gasteiger partial charge is 0.508 e. The van der Waals surface area contributed by atoms with Gasteiger partial charge in [-0.2, -0.15) is 23.5 Å². The van der Waals surface area contributed by atoms with Crippen molar-refractivity contribution in [1.82, 2.24) is 67.4 Å². The number of hydrogen-bond acceptors (Lipinski definition) is 16. The zero-order valence-electron chi connectivity index (χ0n) is 60.4. The third kappa shape index (κ3) is 22.3. The van der Waals surface area contributed by atoms with Gasteiger partial charge in [-0.25, -0.2) is 13.8 Å². The van der Waals surface area contributed by atoms with Crippen LogP contribution in [0.1, 0.15) is 77.6 Å². The lowest BCUT2D eigenvalue weighted by Crippen LogP contribution is -2.61. The van der Waals surface area contributed by atoms with Gasteiger partial charge < -0.3 is 84.1 Å². The number of aromatic amines is 3. The molecule has 9 atom stereocenters. The average molecular weight is 1560 g/mol. The molecule has 9 aromatic rings. The fourth-order valence-corrected chi connectivity index (χ4v) is 15.7. The number of halogens is 2. The van der Waals surface area contributed by atoms with E-state index in [1.165, 1.54) is 114 Å². The van der Waals surface area contributed by atoms with Gasteiger partial charge in [-0.1, -0.05) is 78.9 Å². The maximum absolute atomic E-state index is 15.8. The highest BCUT2D eigenvalue weighted by atomic mass is 32.2. The molecular formula is C79H87F2N15O13S2. The van der Waals surface area contributed by atoms with Crippen LogP contribution in [0.25, 0.3) is 32.6 Å². The van der Waals surface area contributed by atoms with E-state index in [1.54, 1.807) is 0 Å². The number of phenolic OH excluding ortho intramolecular Hbond substituents is 1. The van der Waals surface area contributed by atoms with Crippen LogP contribution in [0.3, 0.4) is 0 Å². The topological polar surface area (TPSA) is 440 Å². The molecule has 2 aliphatic heterocycles. The van der Waals surface area contributed by atoms with Gasteiger partial charge in [0.1, 0.15) is 65.7 Å². The molecule has 111 heavy (non-hydrogen) atoms. The monoisotopic (exact) mass is 1560 g/mol. The van der Waals surface area contributed by atoms with Crippen LogP contribution in [0.2, 0.25) is 0 Å². The Hall–Kier alpha value is -11.6. The molecule has 5 heterocycles. The number of phenols is 1. The average Bonchev–Trinajstić information content (AvgIpc) is 1.67. The molecule has 17 N–H and O–H groups in total. The van der Waals surface area contributed by atoms with Crippen molar-refractivity contribution >= 4 is 121 Å². The summed E-state index contributed by atoms with van der Waals surface area (Å²) in [6, 6.07) is 22.4. The molecule has 0 saturated carbocycles. The zero-order chi connectivity index (χ0) is 78.7. The molecule has 0 radical (unpaired) electrons. The molecule has 1 fully saturated rings. The van der Waals surface area contributed by atoms with Crippen LogP contribution in [0.4, 0.5) is 8.78 Å². The van der Waals surface area contributed by atoms with Crippen LogP contribution < -0.4 is 54.0 Å². The SMILES string of the molecule is NCCCC[C@@H]1NC(=O)CCSCc2cccc(c2)CSC[C@@H](C(N)=O)NC(=O)[C@@H]2C[C@@H](Cc3ccc4ccccc4c3)CN2C(=O)[C@H](Cc2ccc(O)cc2)NC(=O)[C@H](Cc2cnc[nH]2)NC(=O)[C@H](CC(=O)O)NC(=O)[C@H](Cc2c[nH]c3ccc(F)cc23)NC(=O)[C@H](Cc2c[nH]c3ccc(F)cc23)NC(=O)CNC1=O. The molecule has 2 bridgehead atoms. The number of benzene rings is 6. The Morgan fingerprint density at radius 1 is 0.568 bits per heavy atom. The summed E-state index contributed by atoms with van der Waals surface area (Å²) in [5, 5.41) is 44.6. The van der Waals surface area contributed by atoms with Gasteiger partial charge in [0.05, 0.1) is 19.3 Å². The molecule has 0 unspecified atom stereocenters. The Bertz CT molecular complexity index is 4870. The lowest BCUT2D eigenvalue weighted by molar-refractivity contribution is -0.143. The Labute approximate surface area is 644 Å². The van der Waals surface area contributed by atoms with E-state index >= 15 is 33.2 Å². The first-order valence-electron chi connectivity index (χ1n) is 36.4. The zero-order valence-corrected chi connectivity index (χ0v) is 62.0. The summed E-state index contributed by atoms with van der Waals surface area (Å²) in [4.78, 5) is 174. The van der Waals surface area contributed by atoms with Crippen LogP contribution in [0.5, 0.6) is 5.75 Å². The number of carboxylic acid groups (broad SMARTS) is 1. The summed E-state index contributed by atoms with van der Waals surface area (Å²) in [7, 11) is 0. The van der Waals surface area contributed by atoms with Gasteiger partial charge in [0, 0.05) is 108 Å². The quantitative estimate of drug-likeness (QED) is 0.0561. The van der Waals surface area contributed by atoms with Crippen LogP contribution in [-0.2, 0) is 96.3 Å². The Morgan fingerprint density at radius 2 is 1.17 bits per heavy atom. The third-order valence-corrected chi connectivity index (χ3v) is 21.6. The Kier molecular flexibility index (Phi) is 27.6. The van der Waals surface area contributed by atoms with Gasteiger partial charge in [0.15, 0.2) is 0 Å². The lowest BCUT2D eigenvalue weighted by atomic mass is 9.95. The molecule has 6 aromatic carbocycles. The van der Waals surface area contributed by atoms with E-state index in [2.05, 4.69) is 62.5 Å². The van der Waals surface area contributed by atoms with Crippen LogP contribution in [0.15, 0.2) is 152 Å². The van der Waals surface area contributed by atoms with Crippen molar-refractivity contribution in [1.29, 1.82) is 0 Å². The number of carboxylic acids is 1. The number of carbonyl (C=O) groups is 11. The number of thioether (sulfide) groups is 2. The van der Waals surface area contributed by atoms with Crippen LogP contribution in [0, 0.1) is 17.6 Å². The molecule has 10 amide bonds.